The van der Waals surface area contributed by atoms with Gasteiger partial charge in [-0.2, -0.15) is 0 Å². The smallest absolute Gasteiger partial charge is 0.122 e. The lowest BCUT2D eigenvalue weighted by atomic mass is 10.1. The van der Waals surface area contributed by atoms with E-state index in [9.17, 15) is 0 Å². The van der Waals surface area contributed by atoms with Gasteiger partial charge in [0.2, 0.25) is 0 Å². The number of benzene rings is 1. The van der Waals surface area contributed by atoms with E-state index in [2.05, 4.69) is 32.9 Å². The zero-order valence-electron chi connectivity index (χ0n) is 14.8. The van der Waals surface area contributed by atoms with Crippen LogP contribution in [0.15, 0.2) is 12.1 Å². The standard InChI is InChI=1S/C20H33NO/c1-17-15-18(2)19(3)20(16-17)22-14-10-5-4-7-11-21-12-8-6-9-13-21/h15-16H,4-14H2,1-3H3/p+1. The molecule has 1 aromatic rings. The molecule has 0 spiro atoms. The average molecular weight is 304 g/mol. The SMILES string of the molecule is Cc1cc(C)c(C)c(OCCCCCC[NH+]2CCCCC2)c1. The Kier molecular flexibility index (Phi) is 7.24. The number of aryl methyl sites for hydroxylation is 2. The molecule has 1 N–H and O–H groups in total. The van der Waals surface area contributed by atoms with Crippen molar-refractivity contribution < 1.29 is 9.64 Å². The topological polar surface area (TPSA) is 13.7 Å². The molecule has 1 saturated heterocycles. The van der Waals surface area contributed by atoms with E-state index in [0.717, 1.165) is 12.4 Å². The van der Waals surface area contributed by atoms with Gasteiger partial charge in [0.25, 0.3) is 0 Å². The molecule has 0 bridgehead atoms. The number of rotatable bonds is 8. The molecule has 1 fully saturated rings. The summed E-state index contributed by atoms with van der Waals surface area (Å²) in [6, 6.07) is 4.40. The lowest BCUT2D eigenvalue weighted by molar-refractivity contribution is -0.905. The van der Waals surface area contributed by atoms with Gasteiger partial charge >= 0.3 is 0 Å². The molecule has 0 saturated carbocycles. The molecule has 22 heavy (non-hydrogen) atoms. The van der Waals surface area contributed by atoms with Gasteiger partial charge < -0.3 is 9.64 Å². The number of ether oxygens (including phenoxy) is 1. The third-order valence-corrected chi connectivity index (χ3v) is 5.01. The molecule has 1 aliphatic heterocycles. The average Bonchev–Trinajstić information content (AvgIpc) is 2.52. The molecular formula is C20H34NO+. The van der Waals surface area contributed by atoms with Crippen molar-refractivity contribution in [3.8, 4) is 5.75 Å². The van der Waals surface area contributed by atoms with Crippen LogP contribution in [0.3, 0.4) is 0 Å². The second kappa shape index (κ2) is 9.19. The van der Waals surface area contributed by atoms with E-state index >= 15 is 0 Å². The molecule has 0 atom stereocenters. The molecular weight excluding hydrogens is 270 g/mol. The van der Waals surface area contributed by atoms with Crippen LogP contribution in [0.2, 0.25) is 0 Å². The number of hydrogen-bond donors (Lipinski definition) is 1. The minimum absolute atomic E-state index is 0.861. The maximum atomic E-state index is 5.99. The molecule has 1 aromatic carbocycles. The fraction of sp³-hybridized carbons (Fsp3) is 0.700. The Morgan fingerprint density at radius 3 is 2.41 bits per heavy atom. The maximum Gasteiger partial charge on any atom is 0.122 e. The monoisotopic (exact) mass is 304 g/mol. The van der Waals surface area contributed by atoms with Crippen molar-refractivity contribution in [2.24, 2.45) is 0 Å². The normalized spacial score (nSPS) is 16.0. The van der Waals surface area contributed by atoms with Crippen LogP contribution in [-0.2, 0) is 0 Å². The first-order valence-corrected chi connectivity index (χ1v) is 9.21. The molecule has 0 amide bonds. The summed E-state index contributed by atoms with van der Waals surface area (Å²) < 4.78 is 5.99. The third-order valence-electron chi connectivity index (χ3n) is 5.01. The molecule has 2 rings (SSSR count). The number of piperidine rings is 1. The first-order valence-electron chi connectivity index (χ1n) is 9.21. The van der Waals surface area contributed by atoms with Crippen LogP contribution in [0.1, 0.15) is 61.6 Å². The summed E-state index contributed by atoms with van der Waals surface area (Å²) in [5.41, 5.74) is 3.92. The fourth-order valence-corrected chi connectivity index (χ4v) is 3.47. The van der Waals surface area contributed by atoms with Crippen LogP contribution in [0.25, 0.3) is 0 Å². The maximum absolute atomic E-state index is 5.99. The van der Waals surface area contributed by atoms with Crippen molar-refractivity contribution in [2.75, 3.05) is 26.2 Å². The number of nitrogens with one attached hydrogen (secondary N) is 1. The van der Waals surface area contributed by atoms with E-state index in [1.807, 2.05) is 4.90 Å². The Bertz CT molecular complexity index is 449. The van der Waals surface area contributed by atoms with Gasteiger partial charge in [-0.05, 0) is 88.5 Å². The lowest BCUT2D eigenvalue weighted by Gasteiger charge is -2.23. The molecule has 0 aromatic heterocycles. The van der Waals surface area contributed by atoms with Crippen molar-refractivity contribution in [3.63, 3.8) is 0 Å². The van der Waals surface area contributed by atoms with E-state index in [-0.39, 0.29) is 0 Å². The molecule has 0 radical (unpaired) electrons. The largest absolute Gasteiger partial charge is 0.493 e. The Hall–Kier alpha value is -1.02. The summed E-state index contributed by atoms with van der Waals surface area (Å²) in [4.78, 5) is 1.84. The highest BCUT2D eigenvalue weighted by atomic mass is 16.5. The quantitative estimate of drug-likeness (QED) is 0.724. The van der Waals surface area contributed by atoms with Gasteiger partial charge in [-0.1, -0.05) is 6.07 Å². The van der Waals surface area contributed by atoms with Gasteiger partial charge in [0.15, 0.2) is 0 Å². The Morgan fingerprint density at radius 1 is 0.909 bits per heavy atom. The summed E-state index contributed by atoms with van der Waals surface area (Å²) in [5.74, 6) is 1.08. The van der Waals surface area contributed by atoms with Crippen LogP contribution in [-0.4, -0.2) is 26.2 Å². The van der Waals surface area contributed by atoms with Crippen LogP contribution < -0.4 is 9.64 Å². The van der Waals surface area contributed by atoms with Gasteiger partial charge in [-0.15, -0.1) is 0 Å². The van der Waals surface area contributed by atoms with Gasteiger partial charge in [-0.25, -0.2) is 0 Å². The van der Waals surface area contributed by atoms with Crippen LogP contribution in [0, 0.1) is 20.8 Å². The number of quaternary nitrogens is 1. The summed E-state index contributed by atoms with van der Waals surface area (Å²) in [6.45, 7) is 11.5. The first kappa shape index (κ1) is 17.3. The third kappa shape index (κ3) is 5.64. The van der Waals surface area contributed by atoms with Gasteiger partial charge in [0.1, 0.15) is 5.75 Å². The fourth-order valence-electron chi connectivity index (χ4n) is 3.47. The van der Waals surface area contributed by atoms with Crippen molar-refractivity contribution in [2.45, 2.75) is 65.7 Å². The summed E-state index contributed by atoms with van der Waals surface area (Å²) >= 11 is 0. The van der Waals surface area contributed by atoms with Crippen LogP contribution >= 0.6 is 0 Å². The van der Waals surface area contributed by atoms with Gasteiger partial charge in [0, 0.05) is 0 Å². The van der Waals surface area contributed by atoms with E-state index < -0.39 is 0 Å². The highest BCUT2D eigenvalue weighted by molar-refractivity contribution is 5.41. The second-order valence-electron chi connectivity index (χ2n) is 7.03. The molecule has 1 heterocycles. The minimum Gasteiger partial charge on any atom is -0.493 e. The van der Waals surface area contributed by atoms with Crippen molar-refractivity contribution in [1.82, 2.24) is 0 Å². The van der Waals surface area contributed by atoms with E-state index in [0.29, 0.717) is 0 Å². The van der Waals surface area contributed by atoms with Crippen LogP contribution in [0.5, 0.6) is 5.75 Å². The molecule has 0 unspecified atom stereocenters. The highest BCUT2D eigenvalue weighted by Gasteiger charge is 2.12. The number of hydrogen-bond acceptors (Lipinski definition) is 1. The van der Waals surface area contributed by atoms with E-state index in [4.69, 9.17) is 4.74 Å². The van der Waals surface area contributed by atoms with Gasteiger partial charge in [-0.3, -0.25) is 0 Å². The Morgan fingerprint density at radius 2 is 1.64 bits per heavy atom. The van der Waals surface area contributed by atoms with E-state index in [1.54, 1.807) is 0 Å². The van der Waals surface area contributed by atoms with E-state index in [1.165, 1.54) is 81.3 Å². The van der Waals surface area contributed by atoms with Crippen molar-refractivity contribution >= 4 is 0 Å². The number of likely N-dealkylation sites (tertiary alicyclic amines) is 1. The molecule has 2 nitrogen and oxygen atoms in total. The van der Waals surface area contributed by atoms with Crippen molar-refractivity contribution in [3.05, 3.63) is 28.8 Å². The lowest BCUT2D eigenvalue weighted by Crippen LogP contribution is -3.12. The molecule has 2 heteroatoms. The second-order valence-corrected chi connectivity index (χ2v) is 7.03. The molecule has 1 aliphatic rings. The number of unbranched alkanes of at least 4 members (excludes halogenated alkanes) is 3. The summed E-state index contributed by atoms with van der Waals surface area (Å²) in [7, 11) is 0. The Labute approximate surface area is 136 Å². The predicted molar refractivity (Wildman–Crippen MR) is 94.0 cm³/mol. The predicted octanol–water partition coefficient (Wildman–Crippen LogP) is 3.62. The highest BCUT2D eigenvalue weighted by Crippen LogP contribution is 2.23. The summed E-state index contributed by atoms with van der Waals surface area (Å²) in [6.07, 6.45) is 9.57. The van der Waals surface area contributed by atoms with Gasteiger partial charge in [0.05, 0.1) is 26.2 Å². The molecule has 0 aliphatic carbocycles. The zero-order chi connectivity index (χ0) is 15.8. The zero-order valence-corrected chi connectivity index (χ0v) is 14.8. The minimum atomic E-state index is 0.861. The van der Waals surface area contributed by atoms with Crippen molar-refractivity contribution in [1.29, 1.82) is 0 Å². The summed E-state index contributed by atoms with van der Waals surface area (Å²) in [5, 5.41) is 0. The Balaban J connectivity index is 1.56. The first-order chi connectivity index (χ1) is 10.7. The van der Waals surface area contributed by atoms with Crippen LogP contribution in [0.4, 0.5) is 0 Å². The molecule has 124 valence electrons.